The molecule has 2 heterocycles. The van der Waals surface area contributed by atoms with Crippen LogP contribution in [0.5, 0.6) is 0 Å². The van der Waals surface area contributed by atoms with Gasteiger partial charge in [-0.2, -0.15) is 0 Å². The molecule has 0 aliphatic carbocycles. The molecule has 1 saturated heterocycles. The zero-order valence-electron chi connectivity index (χ0n) is 15.3. The maximum absolute atomic E-state index is 2.48. The Hall–Kier alpha value is -0.190. The van der Waals surface area contributed by atoms with Gasteiger partial charge >= 0.3 is 0 Å². The Labute approximate surface area is 169 Å². The van der Waals surface area contributed by atoms with Crippen LogP contribution in [0.15, 0.2) is 36.7 Å². The highest BCUT2D eigenvalue weighted by atomic mass is 79.9. The molecule has 4 heteroatoms. The molecule has 138 valence electrons. The lowest BCUT2D eigenvalue weighted by Gasteiger charge is -2.18. The molecule has 1 aromatic heterocycles. The Morgan fingerprint density at radius 3 is 2.62 bits per heavy atom. The lowest BCUT2D eigenvalue weighted by Crippen LogP contribution is -3.00. The topological polar surface area (TPSA) is 7.12 Å². The van der Waals surface area contributed by atoms with Gasteiger partial charge in [-0.15, -0.1) is 17.0 Å². The van der Waals surface area contributed by atoms with Crippen LogP contribution in [0, 0.1) is 0 Å². The largest absolute Gasteiger partial charge is 1.00 e. The number of rotatable bonds is 9. The minimum atomic E-state index is 0. The molecule has 0 N–H and O–H groups in total. The fraction of sp³-hybridized carbons (Fsp3) is 0.650. The molecule has 1 aliphatic heterocycles. The van der Waals surface area contributed by atoms with Crippen molar-refractivity contribution in [3.05, 3.63) is 42.2 Å². The number of pyridine rings is 1. The normalized spacial score (nSPS) is 17.7. The van der Waals surface area contributed by atoms with Crippen LogP contribution < -0.4 is 21.5 Å². The summed E-state index contributed by atoms with van der Waals surface area (Å²) >= 11 is 0. The summed E-state index contributed by atoms with van der Waals surface area (Å²) in [7, 11) is 2.25. The maximum Gasteiger partial charge on any atom is 0.173 e. The van der Waals surface area contributed by atoms with Gasteiger partial charge in [-0.05, 0) is 51.8 Å². The highest BCUT2D eigenvalue weighted by Crippen LogP contribution is 2.29. The molecule has 0 amide bonds. The zero-order valence-corrected chi connectivity index (χ0v) is 18.6. The van der Waals surface area contributed by atoms with Crippen LogP contribution in [0.2, 0.25) is 0 Å². The molecular formula is C20H34Br2N2. The van der Waals surface area contributed by atoms with Gasteiger partial charge in [-0.25, -0.2) is 4.57 Å². The Balaban J connectivity index is 0.00000264. The van der Waals surface area contributed by atoms with Crippen molar-refractivity contribution < 1.29 is 21.5 Å². The molecule has 1 atom stereocenters. The van der Waals surface area contributed by atoms with Crippen molar-refractivity contribution in [3.63, 3.8) is 0 Å². The van der Waals surface area contributed by atoms with Crippen molar-refractivity contribution in [3.8, 4) is 0 Å². The first-order chi connectivity index (χ1) is 10.8. The van der Waals surface area contributed by atoms with Crippen LogP contribution in [0.1, 0.15) is 69.9 Å². The van der Waals surface area contributed by atoms with Crippen LogP contribution >= 0.6 is 17.0 Å². The van der Waals surface area contributed by atoms with Crippen molar-refractivity contribution in [2.75, 3.05) is 13.6 Å². The Bertz CT molecular complexity index is 463. The highest BCUT2D eigenvalue weighted by Gasteiger charge is 2.24. The average Bonchev–Trinajstić information content (AvgIpc) is 2.96. The van der Waals surface area contributed by atoms with Crippen molar-refractivity contribution in [2.45, 2.75) is 70.9 Å². The van der Waals surface area contributed by atoms with Gasteiger partial charge in [-0.3, -0.25) is 4.90 Å². The first-order valence-corrected chi connectivity index (χ1v) is 9.15. The van der Waals surface area contributed by atoms with E-state index in [1.807, 2.05) is 0 Å². The van der Waals surface area contributed by atoms with Gasteiger partial charge < -0.3 is 17.0 Å². The van der Waals surface area contributed by atoms with Gasteiger partial charge in [0.05, 0.1) is 0 Å². The Morgan fingerprint density at radius 2 is 1.96 bits per heavy atom. The lowest BCUT2D eigenvalue weighted by molar-refractivity contribution is -0.697. The van der Waals surface area contributed by atoms with Crippen LogP contribution in [0.3, 0.4) is 0 Å². The van der Waals surface area contributed by atoms with E-state index in [1.165, 1.54) is 63.5 Å². The Morgan fingerprint density at radius 1 is 1.21 bits per heavy atom. The van der Waals surface area contributed by atoms with Gasteiger partial charge in [0.1, 0.15) is 6.54 Å². The minimum absolute atomic E-state index is 0. The summed E-state index contributed by atoms with van der Waals surface area (Å²) in [6.45, 7) is 4.63. The molecule has 0 unspecified atom stereocenters. The van der Waals surface area contributed by atoms with Gasteiger partial charge in [0, 0.05) is 24.1 Å². The average molecular weight is 462 g/mol. The van der Waals surface area contributed by atoms with Gasteiger partial charge in [-0.1, -0.05) is 31.9 Å². The van der Waals surface area contributed by atoms with Crippen LogP contribution in [0.4, 0.5) is 0 Å². The quantitative estimate of drug-likeness (QED) is 0.310. The molecule has 0 bridgehead atoms. The second-order valence-corrected chi connectivity index (χ2v) is 6.62. The first kappa shape index (κ1) is 23.8. The number of unbranched alkanes of at least 4 members (excludes halogenated alkanes) is 4. The summed E-state index contributed by atoms with van der Waals surface area (Å²) in [6.07, 6.45) is 19.7. The third-order valence-electron chi connectivity index (χ3n) is 4.71. The highest BCUT2D eigenvalue weighted by molar-refractivity contribution is 8.93. The molecule has 0 spiro atoms. The molecular weight excluding hydrogens is 428 g/mol. The number of hydrogen-bond acceptors (Lipinski definition) is 1. The van der Waals surface area contributed by atoms with Gasteiger partial charge in [0.15, 0.2) is 12.4 Å². The molecule has 1 aliphatic rings. The molecule has 0 radical (unpaired) electrons. The molecule has 2 nitrogen and oxygen atoms in total. The third-order valence-corrected chi connectivity index (χ3v) is 4.71. The molecule has 1 fully saturated rings. The number of aryl methyl sites for hydroxylation is 1. The molecule has 0 aromatic carbocycles. The van der Waals surface area contributed by atoms with E-state index in [0.717, 1.165) is 6.54 Å². The number of hydrogen-bond donors (Lipinski definition) is 0. The number of nitrogens with zero attached hydrogens (tertiary/aromatic N) is 2. The van der Waals surface area contributed by atoms with Gasteiger partial charge in [0.25, 0.3) is 0 Å². The summed E-state index contributed by atoms with van der Waals surface area (Å²) < 4.78 is 2.37. The number of aromatic nitrogens is 1. The van der Waals surface area contributed by atoms with E-state index in [-0.39, 0.29) is 34.0 Å². The van der Waals surface area contributed by atoms with E-state index in [9.17, 15) is 0 Å². The summed E-state index contributed by atoms with van der Waals surface area (Å²) in [4.78, 5) is 2.48. The molecule has 0 saturated carbocycles. The second-order valence-electron chi connectivity index (χ2n) is 6.62. The van der Waals surface area contributed by atoms with E-state index in [2.05, 4.69) is 60.1 Å². The van der Waals surface area contributed by atoms with E-state index < -0.39 is 0 Å². The van der Waals surface area contributed by atoms with Crippen LogP contribution in [0.25, 0.3) is 0 Å². The number of allylic oxidation sites excluding steroid dienone is 2. The van der Waals surface area contributed by atoms with E-state index >= 15 is 0 Å². The van der Waals surface area contributed by atoms with Crippen molar-refractivity contribution >= 4 is 17.0 Å². The predicted octanol–water partition coefficient (Wildman–Crippen LogP) is 2.24. The fourth-order valence-electron chi connectivity index (χ4n) is 3.35. The number of halogens is 2. The third kappa shape index (κ3) is 8.26. The van der Waals surface area contributed by atoms with Crippen molar-refractivity contribution in [2.24, 2.45) is 0 Å². The van der Waals surface area contributed by atoms with E-state index in [0.29, 0.717) is 6.04 Å². The first-order valence-electron chi connectivity index (χ1n) is 9.15. The minimum Gasteiger partial charge on any atom is -1.00 e. The SMILES string of the molecule is Br.CCCCCC=CCCC[n+]1cccc([C@@H]2CCCN2C)c1.[Br-]. The number of likely N-dealkylation sites (tertiary alicyclic amines) is 1. The molecule has 1 aromatic rings. The Kier molecular flexibility index (Phi) is 13.9. The van der Waals surface area contributed by atoms with E-state index in [4.69, 9.17) is 0 Å². The summed E-state index contributed by atoms with van der Waals surface area (Å²) in [5.74, 6) is 0. The smallest absolute Gasteiger partial charge is 0.173 e. The fourth-order valence-corrected chi connectivity index (χ4v) is 3.35. The molecule has 24 heavy (non-hydrogen) atoms. The summed E-state index contributed by atoms with van der Waals surface area (Å²) in [5, 5.41) is 0. The van der Waals surface area contributed by atoms with Gasteiger partial charge in [0.2, 0.25) is 0 Å². The predicted molar refractivity (Wildman–Crippen MR) is 104 cm³/mol. The lowest BCUT2D eigenvalue weighted by atomic mass is 10.1. The zero-order chi connectivity index (χ0) is 15.6. The standard InChI is InChI=1S/C20H33N2.2BrH/c1-3-4-5-6-7-8-9-10-16-22-17-11-13-19(18-22)20-14-12-15-21(20)2;;/h7-8,11,13,17-18,20H,3-6,9-10,12,14-16H2,1-2H3;2*1H/q+1;;/p-1/t20-;;/m0../s1. The van der Waals surface area contributed by atoms with E-state index in [1.54, 1.807) is 0 Å². The molecule has 2 rings (SSSR count). The van der Waals surface area contributed by atoms with Crippen molar-refractivity contribution in [1.82, 2.24) is 4.90 Å². The van der Waals surface area contributed by atoms with Crippen LogP contribution in [-0.2, 0) is 6.54 Å². The summed E-state index contributed by atoms with van der Waals surface area (Å²) in [5.41, 5.74) is 1.48. The maximum atomic E-state index is 2.48. The van der Waals surface area contributed by atoms with Crippen LogP contribution in [-0.4, -0.2) is 18.5 Å². The second kappa shape index (κ2) is 14.0. The van der Waals surface area contributed by atoms with Crippen molar-refractivity contribution in [1.29, 1.82) is 0 Å². The summed E-state index contributed by atoms with van der Waals surface area (Å²) in [6, 6.07) is 5.13. The monoisotopic (exact) mass is 460 g/mol.